The first-order valence-corrected chi connectivity index (χ1v) is 4.06. The van der Waals surface area contributed by atoms with Crippen molar-refractivity contribution in [2.24, 2.45) is 5.73 Å². The second kappa shape index (κ2) is 5.13. The number of carbonyl (C=O) groups excluding carboxylic acids is 1. The van der Waals surface area contributed by atoms with Crippen LogP contribution in [0.15, 0.2) is 0 Å². The number of carbonyl (C=O) groups is 1. The van der Waals surface area contributed by atoms with Crippen LogP contribution in [-0.2, 0) is 4.79 Å². The fourth-order valence-electron chi connectivity index (χ4n) is 0.819. The zero-order valence-electron chi connectivity index (χ0n) is 7.63. The van der Waals surface area contributed by atoms with E-state index >= 15 is 0 Å². The molecule has 0 radical (unpaired) electrons. The van der Waals surface area contributed by atoms with Gasteiger partial charge in [-0.25, -0.2) is 0 Å². The first kappa shape index (κ1) is 10.4. The molecule has 0 rings (SSSR count). The van der Waals surface area contributed by atoms with Gasteiger partial charge in [0.15, 0.2) is 0 Å². The Kier molecular flexibility index (Phi) is 4.86. The second-order valence-electron chi connectivity index (χ2n) is 2.95. The molecule has 2 N–H and O–H groups in total. The van der Waals surface area contributed by atoms with E-state index in [1.54, 1.807) is 0 Å². The van der Waals surface area contributed by atoms with Gasteiger partial charge in [-0.05, 0) is 20.4 Å². The van der Waals surface area contributed by atoms with Crippen molar-refractivity contribution in [1.82, 2.24) is 4.90 Å². The lowest BCUT2D eigenvalue weighted by molar-refractivity contribution is -0.118. The van der Waals surface area contributed by atoms with E-state index in [0.29, 0.717) is 12.5 Å². The molecule has 0 saturated carbocycles. The zero-order valence-corrected chi connectivity index (χ0v) is 7.63. The van der Waals surface area contributed by atoms with Gasteiger partial charge in [0.25, 0.3) is 0 Å². The lowest BCUT2D eigenvalue weighted by atomic mass is 10.2. The van der Waals surface area contributed by atoms with Crippen LogP contribution in [0.4, 0.5) is 0 Å². The van der Waals surface area contributed by atoms with Gasteiger partial charge in [0.05, 0.1) is 0 Å². The van der Waals surface area contributed by atoms with Crippen molar-refractivity contribution in [3.8, 4) is 0 Å². The van der Waals surface area contributed by atoms with Gasteiger partial charge in [-0.15, -0.1) is 0 Å². The van der Waals surface area contributed by atoms with E-state index in [-0.39, 0.29) is 5.91 Å². The van der Waals surface area contributed by atoms with Gasteiger partial charge in [-0.1, -0.05) is 6.92 Å². The summed E-state index contributed by atoms with van der Waals surface area (Å²) < 4.78 is 0. The fourth-order valence-corrected chi connectivity index (χ4v) is 0.819. The maximum Gasteiger partial charge on any atom is 0.218 e. The van der Waals surface area contributed by atoms with E-state index in [9.17, 15) is 4.79 Å². The van der Waals surface area contributed by atoms with Crippen LogP contribution in [0.2, 0.25) is 0 Å². The third-order valence-electron chi connectivity index (χ3n) is 2.05. The molecular formula is C8H18N2O. The fraction of sp³-hybridized carbons (Fsp3) is 0.875. The Labute approximate surface area is 68.6 Å². The van der Waals surface area contributed by atoms with E-state index < -0.39 is 0 Å². The van der Waals surface area contributed by atoms with Crippen LogP contribution in [0.1, 0.15) is 26.7 Å². The third kappa shape index (κ3) is 4.79. The summed E-state index contributed by atoms with van der Waals surface area (Å²) >= 11 is 0. The van der Waals surface area contributed by atoms with Gasteiger partial charge < -0.3 is 10.6 Å². The van der Waals surface area contributed by atoms with Crippen molar-refractivity contribution in [1.29, 1.82) is 0 Å². The molecule has 0 aromatic carbocycles. The van der Waals surface area contributed by atoms with Crippen LogP contribution in [0.5, 0.6) is 0 Å². The predicted molar refractivity (Wildman–Crippen MR) is 46.2 cm³/mol. The number of hydrogen-bond acceptors (Lipinski definition) is 2. The monoisotopic (exact) mass is 158 g/mol. The Hall–Kier alpha value is -0.570. The number of nitrogens with two attached hydrogens (primary N) is 1. The molecule has 0 aromatic heterocycles. The minimum atomic E-state index is -0.222. The second-order valence-corrected chi connectivity index (χ2v) is 2.95. The van der Waals surface area contributed by atoms with Crippen LogP contribution in [-0.4, -0.2) is 30.4 Å². The summed E-state index contributed by atoms with van der Waals surface area (Å²) in [5.74, 6) is -0.222. The molecule has 0 aromatic rings. The van der Waals surface area contributed by atoms with Gasteiger partial charge in [-0.3, -0.25) is 4.79 Å². The number of nitrogens with zero attached hydrogens (tertiary/aromatic N) is 1. The number of amides is 1. The number of hydrogen-bond donors (Lipinski definition) is 1. The molecule has 1 atom stereocenters. The molecular weight excluding hydrogens is 140 g/mol. The third-order valence-corrected chi connectivity index (χ3v) is 2.05. The van der Waals surface area contributed by atoms with Crippen molar-refractivity contribution < 1.29 is 4.79 Å². The van der Waals surface area contributed by atoms with E-state index in [0.717, 1.165) is 13.0 Å². The molecule has 0 fully saturated rings. The molecule has 0 aliphatic heterocycles. The molecule has 0 heterocycles. The highest BCUT2D eigenvalue weighted by Crippen LogP contribution is 1.99. The van der Waals surface area contributed by atoms with Crippen LogP contribution in [0, 0.1) is 0 Å². The first-order valence-electron chi connectivity index (χ1n) is 4.06. The quantitative estimate of drug-likeness (QED) is 0.636. The Morgan fingerprint density at radius 1 is 1.64 bits per heavy atom. The summed E-state index contributed by atoms with van der Waals surface area (Å²) in [6, 6.07) is 0.536. The summed E-state index contributed by atoms with van der Waals surface area (Å²) in [4.78, 5) is 12.6. The maximum absolute atomic E-state index is 10.4. The number of primary amides is 1. The average molecular weight is 158 g/mol. The molecule has 0 saturated heterocycles. The van der Waals surface area contributed by atoms with Gasteiger partial charge in [0, 0.05) is 19.0 Å². The molecule has 0 spiro atoms. The van der Waals surface area contributed by atoms with Crippen LogP contribution in [0.3, 0.4) is 0 Å². The largest absolute Gasteiger partial charge is 0.370 e. The molecule has 66 valence electrons. The first-order chi connectivity index (χ1) is 5.07. The Balaban J connectivity index is 3.51. The minimum absolute atomic E-state index is 0.222. The van der Waals surface area contributed by atoms with Crippen LogP contribution < -0.4 is 5.73 Å². The summed E-state index contributed by atoms with van der Waals surface area (Å²) in [6.45, 7) is 5.04. The zero-order chi connectivity index (χ0) is 8.85. The van der Waals surface area contributed by atoms with Crippen molar-refractivity contribution >= 4 is 5.91 Å². The van der Waals surface area contributed by atoms with Crippen LogP contribution in [0.25, 0.3) is 0 Å². The standard InChI is InChI=1S/C8H18N2O/c1-4-7(2)10(3)6-5-8(9)11/h7H,4-6H2,1-3H3,(H2,9,11). The molecule has 1 amide bonds. The molecule has 3 nitrogen and oxygen atoms in total. The Bertz CT molecular complexity index is 125. The summed E-state index contributed by atoms with van der Waals surface area (Å²) in [5, 5.41) is 0. The summed E-state index contributed by atoms with van der Waals surface area (Å²) in [7, 11) is 2.01. The molecule has 1 unspecified atom stereocenters. The SMILES string of the molecule is CCC(C)N(C)CCC(N)=O. The minimum Gasteiger partial charge on any atom is -0.370 e. The summed E-state index contributed by atoms with van der Waals surface area (Å²) in [6.07, 6.45) is 1.57. The molecule has 0 aliphatic rings. The normalized spacial score (nSPS) is 13.5. The van der Waals surface area contributed by atoms with Crippen molar-refractivity contribution in [3.63, 3.8) is 0 Å². The molecule has 3 heteroatoms. The molecule has 0 bridgehead atoms. The Morgan fingerprint density at radius 3 is 2.55 bits per heavy atom. The van der Waals surface area contributed by atoms with Crippen LogP contribution >= 0.6 is 0 Å². The van der Waals surface area contributed by atoms with E-state index in [4.69, 9.17) is 5.73 Å². The van der Waals surface area contributed by atoms with Gasteiger partial charge in [-0.2, -0.15) is 0 Å². The van der Waals surface area contributed by atoms with Crippen molar-refractivity contribution in [2.75, 3.05) is 13.6 Å². The van der Waals surface area contributed by atoms with Gasteiger partial charge in [0.2, 0.25) is 5.91 Å². The molecule has 0 aliphatic carbocycles. The lowest BCUT2D eigenvalue weighted by Gasteiger charge is -2.22. The maximum atomic E-state index is 10.4. The summed E-state index contributed by atoms with van der Waals surface area (Å²) in [5.41, 5.74) is 5.02. The van der Waals surface area contributed by atoms with Gasteiger partial charge in [0.1, 0.15) is 0 Å². The highest BCUT2D eigenvalue weighted by Gasteiger charge is 2.06. The van der Waals surface area contributed by atoms with E-state index in [2.05, 4.69) is 18.7 Å². The highest BCUT2D eigenvalue weighted by molar-refractivity contribution is 5.73. The number of rotatable bonds is 5. The highest BCUT2D eigenvalue weighted by atomic mass is 16.1. The smallest absolute Gasteiger partial charge is 0.218 e. The topological polar surface area (TPSA) is 46.3 Å². The molecule has 11 heavy (non-hydrogen) atoms. The van der Waals surface area contributed by atoms with Crippen molar-refractivity contribution in [2.45, 2.75) is 32.7 Å². The van der Waals surface area contributed by atoms with E-state index in [1.165, 1.54) is 0 Å². The lowest BCUT2D eigenvalue weighted by Crippen LogP contribution is -2.31. The predicted octanol–water partition coefficient (Wildman–Crippen LogP) is 0.592. The average Bonchev–Trinajstić information content (AvgIpc) is 1.98. The van der Waals surface area contributed by atoms with Gasteiger partial charge >= 0.3 is 0 Å². The van der Waals surface area contributed by atoms with Crippen molar-refractivity contribution in [3.05, 3.63) is 0 Å². The van der Waals surface area contributed by atoms with E-state index in [1.807, 2.05) is 7.05 Å². The Morgan fingerprint density at radius 2 is 2.18 bits per heavy atom.